The molecule has 1 saturated heterocycles. The third-order valence-corrected chi connectivity index (χ3v) is 6.25. The molecule has 11 heteroatoms. The monoisotopic (exact) mass is 478 g/mol. The first-order valence-electron chi connectivity index (χ1n) is 8.88. The number of anilines is 2. The minimum atomic E-state index is -0.283. The molecule has 0 aliphatic carbocycles. The number of carbonyl (C=O) groups is 2. The van der Waals surface area contributed by atoms with Crippen molar-refractivity contribution >= 4 is 55.3 Å². The van der Waals surface area contributed by atoms with Crippen LogP contribution in [0.5, 0.6) is 0 Å². The van der Waals surface area contributed by atoms with Crippen molar-refractivity contribution in [2.24, 2.45) is 0 Å². The van der Waals surface area contributed by atoms with Crippen LogP contribution < -0.4 is 10.6 Å². The highest BCUT2D eigenvalue weighted by atomic mass is 79.9. The SMILES string of the molecule is COC1CN(CC(=O)Nc2cnc(C)c(NC(=O)c3cnn4cc(Br)sc34)c2)C1. The fourth-order valence-electron chi connectivity index (χ4n) is 3.04. The van der Waals surface area contributed by atoms with Crippen LogP contribution in [0.3, 0.4) is 0 Å². The summed E-state index contributed by atoms with van der Waals surface area (Å²) >= 11 is 4.82. The van der Waals surface area contributed by atoms with E-state index in [1.165, 1.54) is 17.5 Å². The molecule has 0 unspecified atom stereocenters. The van der Waals surface area contributed by atoms with Crippen LogP contribution in [-0.4, -0.2) is 64.2 Å². The molecule has 9 nitrogen and oxygen atoms in total. The largest absolute Gasteiger partial charge is 0.379 e. The second-order valence-electron chi connectivity index (χ2n) is 6.75. The zero-order valence-corrected chi connectivity index (χ0v) is 18.2. The predicted molar refractivity (Wildman–Crippen MR) is 114 cm³/mol. The van der Waals surface area contributed by atoms with E-state index in [0.29, 0.717) is 22.6 Å². The summed E-state index contributed by atoms with van der Waals surface area (Å²) in [6, 6.07) is 1.71. The fourth-order valence-corrected chi connectivity index (χ4v) is 4.48. The molecular weight excluding hydrogens is 460 g/mol. The Morgan fingerprint density at radius 3 is 2.90 bits per heavy atom. The van der Waals surface area contributed by atoms with Crippen molar-refractivity contribution in [2.75, 3.05) is 37.4 Å². The van der Waals surface area contributed by atoms with Gasteiger partial charge in [-0.05, 0) is 28.9 Å². The molecule has 0 aromatic carbocycles. The normalized spacial score (nSPS) is 14.7. The zero-order chi connectivity index (χ0) is 20.5. The Morgan fingerprint density at radius 1 is 1.34 bits per heavy atom. The lowest BCUT2D eigenvalue weighted by molar-refractivity contribution is -0.120. The number of hydrogen-bond acceptors (Lipinski definition) is 7. The molecular formula is C18H19BrN6O3S. The number of likely N-dealkylation sites (tertiary alicyclic amines) is 1. The topological polar surface area (TPSA) is 101 Å². The lowest BCUT2D eigenvalue weighted by atomic mass is 10.1. The van der Waals surface area contributed by atoms with Gasteiger partial charge in [0.1, 0.15) is 4.83 Å². The van der Waals surface area contributed by atoms with Crippen LogP contribution in [0.2, 0.25) is 0 Å². The van der Waals surface area contributed by atoms with E-state index in [1.54, 1.807) is 37.0 Å². The Bertz CT molecular complexity index is 1070. The molecule has 3 aromatic heterocycles. The summed E-state index contributed by atoms with van der Waals surface area (Å²) in [4.78, 5) is 32.0. The van der Waals surface area contributed by atoms with Gasteiger partial charge < -0.3 is 15.4 Å². The summed E-state index contributed by atoms with van der Waals surface area (Å²) in [6.45, 7) is 3.57. The molecule has 0 spiro atoms. The van der Waals surface area contributed by atoms with Crippen molar-refractivity contribution in [3.05, 3.63) is 39.7 Å². The lowest BCUT2D eigenvalue weighted by Gasteiger charge is -2.37. The van der Waals surface area contributed by atoms with E-state index in [1.807, 2.05) is 4.90 Å². The van der Waals surface area contributed by atoms with E-state index in [2.05, 4.69) is 36.6 Å². The van der Waals surface area contributed by atoms with Gasteiger partial charge in [0, 0.05) is 20.2 Å². The first-order valence-corrected chi connectivity index (χ1v) is 10.5. The van der Waals surface area contributed by atoms with Crippen molar-refractivity contribution < 1.29 is 14.3 Å². The molecule has 152 valence electrons. The van der Waals surface area contributed by atoms with Crippen LogP contribution in [0.4, 0.5) is 11.4 Å². The smallest absolute Gasteiger partial charge is 0.260 e. The molecule has 0 radical (unpaired) electrons. The second kappa shape index (κ2) is 8.19. The second-order valence-corrected chi connectivity index (χ2v) is 9.16. The number of fused-ring (bicyclic) bond motifs is 1. The van der Waals surface area contributed by atoms with Gasteiger partial charge in [0.2, 0.25) is 5.91 Å². The molecule has 29 heavy (non-hydrogen) atoms. The number of nitrogens with one attached hydrogen (secondary N) is 2. The van der Waals surface area contributed by atoms with Crippen LogP contribution in [0.1, 0.15) is 16.1 Å². The highest BCUT2D eigenvalue weighted by molar-refractivity contribution is 9.11. The highest BCUT2D eigenvalue weighted by Gasteiger charge is 2.27. The summed E-state index contributed by atoms with van der Waals surface area (Å²) in [5, 5.41) is 9.87. The van der Waals surface area contributed by atoms with Gasteiger partial charge in [0.25, 0.3) is 5.91 Å². The van der Waals surface area contributed by atoms with Crippen LogP contribution in [0, 0.1) is 6.92 Å². The standard InChI is InChI=1S/C18H19BrN6O3S/c1-10-14(23-17(27)13-5-21-25-8-15(19)29-18(13)25)3-11(4-20-10)22-16(26)9-24-6-12(7-24)28-2/h3-5,8,12H,6-7,9H2,1-2H3,(H,22,26)(H,23,27). The van der Waals surface area contributed by atoms with E-state index in [9.17, 15) is 9.59 Å². The minimum absolute atomic E-state index is 0.135. The number of amides is 2. The molecule has 0 saturated carbocycles. The van der Waals surface area contributed by atoms with Crippen LogP contribution in [0.25, 0.3) is 4.83 Å². The third-order valence-electron chi connectivity index (χ3n) is 4.66. The Balaban J connectivity index is 1.42. The average molecular weight is 479 g/mol. The molecule has 1 fully saturated rings. The molecule has 3 aromatic rings. The fraction of sp³-hybridized carbons (Fsp3) is 0.333. The molecule has 0 bridgehead atoms. The van der Waals surface area contributed by atoms with Gasteiger partial charge in [0.05, 0.1) is 57.7 Å². The van der Waals surface area contributed by atoms with E-state index in [0.717, 1.165) is 21.7 Å². The Kier molecular flexibility index (Phi) is 5.63. The number of carbonyl (C=O) groups excluding carboxylic acids is 2. The first kappa shape index (κ1) is 20.0. The maximum absolute atomic E-state index is 12.7. The van der Waals surface area contributed by atoms with Crippen LogP contribution in [0.15, 0.2) is 28.4 Å². The van der Waals surface area contributed by atoms with Gasteiger partial charge in [-0.3, -0.25) is 19.5 Å². The van der Waals surface area contributed by atoms with Crippen LogP contribution in [-0.2, 0) is 9.53 Å². The quantitative estimate of drug-likeness (QED) is 0.563. The third kappa shape index (κ3) is 4.32. The summed E-state index contributed by atoms with van der Waals surface area (Å²) in [6.07, 6.45) is 5.10. The molecule has 1 aliphatic heterocycles. The Morgan fingerprint density at radius 2 is 2.14 bits per heavy atom. The molecule has 1 aliphatic rings. The number of hydrogen-bond donors (Lipinski definition) is 2. The number of thiazole rings is 1. The van der Waals surface area contributed by atoms with E-state index in [4.69, 9.17) is 4.74 Å². The lowest BCUT2D eigenvalue weighted by Crippen LogP contribution is -2.53. The highest BCUT2D eigenvalue weighted by Crippen LogP contribution is 2.27. The summed E-state index contributed by atoms with van der Waals surface area (Å²) in [7, 11) is 1.67. The number of methoxy groups -OCH3 is 1. The number of aryl methyl sites for hydroxylation is 1. The van der Waals surface area contributed by atoms with Gasteiger partial charge in [-0.25, -0.2) is 4.52 Å². The number of rotatable bonds is 6. The molecule has 2 N–H and O–H groups in total. The predicted octanol–water partition coefficient (Wildman–Crippen LogP) is 2.38. The number of pyridine rings is 1. The zero-order valence-electron chi connectivity index (χ0n) is 15.8. The van der Waals surface area contributed by atoms with Crippen molar-refractivity contribution in [3.8, 4) is 0 Å². The van der Waals surface area contributed by atoms with Crippen molar-refractivity contribution in [1.82, 2.24) is 19.5 Å². The Labute approximate surface area is 179 Å². The van der Waals surface area contributed by atoms with Gasteiger partial charge in [-0.15, -0.1) is 11.3 Å². The molecule has 2 amide bonds. The molecule has 4 heterocycles. The maximum Gasteiger partial charge on any atom is 0.260 e. The van der Waals surface area contributed by atoms with Gasteiger partial charge >= 0.3 is 0 Å². The van der Waals surface area contributed by atoms with E-state index >= 15 is 0 Å². The Hall–Kier alpha value is -2.34. The number of halogens is 1. The van der Waals surface area contributed by atoms with E-state index in [-0.39, 0.29) is 24.5 Å². The van der Waals surface area contributed by atoms with Crippen LogP contribution >= 0.6 is 27.3 Å². The van der Waals surface area contributed by atoms with Gasteiger partial charge in [0.15, 0.2) is 0 Å². The first-order chi connectivity index (χ1) is 13.9. The van der Waals surface area contributed by atoms with Crippen molar-refractivity contribution in [3.63, 3.8) is 0 Å². The van der Waals surface area contributed by atoms with Crippen molar-refractivity contribution in [1.29, 1.82) is 0 Å². The van der Waals surface area contributed by atoms with E-state index < -0.39 is 0 Å². The number of nitrogens with zero attached hydrogens (tertiary/aromatic N) is 4. The molecule has 4 rings (SSSR count). The van der Waals surface area contributed by atoms with Gasteiger partial charge in [-0.2, -0.15) is 5.10 Å². The maximum atomic E-state index is 12.7. The summed E-state index contributed by atoms with van der Waals surface area (Å²) in [5.74, 6) is -0.418. The number of ether oxygens (including phenoxy) is 1. The number of aromatic nitrogens is 3. The molecule has 0 atom stereocenters. The summed E-state index contributed by atoms with van der Waals surface area (Å²) in [5.41, 5.74) is 2.18. The summed E-state index contributed by atoms with van der Waals surface area (Å²) < 4.78 is 7.74. The van der Waals surface area contributed by atoms with Gasteiger partial charge in [-0.1, -0.05) is 0 Å². The minimum Gasteiger partial charge on any atom is -0.379 e. The average Bonchev–Trinajstić information content (AvgIpc) is 3.19. The van der Waals surface area contributed by atoms with Crippen molar-refractivity contribution in [2.45, 2.75) is 13.0 Å².